The van der Waals surface area contributed by atoms with Gasteiger partial charge in [0, 0.05) is 16.4 Å². The molecule has 28 heavy (non-hydrogen) atoms. The Kier molecular flexibility index (Phi) is 5.57. The second kappa shape index (κ2) is 7.49. The van der Waals surface area contributed by atoms with Crippen molar-refractivity contribution in [2.24, 2.45) is 5.41 Å². The molecular weight excluding hydrogens is 384 g/mol. The second-order valence-electron chi connectivity index (χ2n) is 8.23. The van der Waals surface area contributed by atoms with E-state index in [0.29, 0.717) is 9.10 Å². The van der Waals surface area contributed by atoms with Gasteiger partial charge in [0.25, 0.3) is 0 Å². The number of sulfone groups is 1. The molecule has 0 atom stereocenters. The Bertz CT molecular complexity index is 1090. The Morgan fingerprint density at radius 2 is 1.46 bits per heavy atom. The number of hydrogen-bond acceptors (Lipinski definition) is 3. The smallest absolute Gasteiger partial charge is 0.216 e. The van der Waals surface area contributed by atoms with Crippen molar-refractivity contribution in [1.82, 2.24) is 0 Å². The maximum Gasteiger partial charge on any atom is 0.216 e. The van der Waals surface area contributed by atoms with Crippen LogP contribution in [-0.4, -0.2) is 8.42 Å². The first kappa shape index (κ1) is 20.8. The summed E-state index contributed by atoms with van der Waals surface area (Å²) in [5.74, 6) is 1.21. The summed E-state index contributed by atoms with van der Waals surface area (Å²) < 4.78 is 27.6. The molecule has 0 saturated carbocycles. The minimum Gasteiger partial charge on any atom is -0.218 e. The fourth-order valence-corrected chi connectivity index (χ4v) is 6.75. The summed E-state index contributed by atoms with van der Waals surface area (Å²) in [6.45, 7) is 12.7. The highest BCUT2D eigenvalue weighted by atomic mass is 32.2. The number of rotatable bonds is 4. The van der Waals surface area contributed by atoms with Crippen molar-refractivity contribution in [2.75, 3.05) is 0 Å². The second-order valence-corrected chi connectivity index (χ2v) is 11.4. The molecule has 2 aromatic carbocycles. The summed E-state index contributed by atoms with van der Waals surface area (Å²) in [6.07, 6.45) is 0. The minimum absolute atomic E-state index is 0.0353. The zero-order valence-electron chi connectivity index (χ0n) is 17.3. The van der Waals surface area contributed by atoms with Gasteiger partial charge in [-0.2, -0.15) is 0 Å². The number of hydrogen-bond donors (Lipinski definition) is 0. The van der Waals surface area contributed by atoms with Crippen LogP contribution in [0.15, 0.2) is 63.7 Å². The van der Waals surface area contributed by atoms with Gasteiger partial charge in [-0.25, -0.2) is 8.42 Å². The molecule has 0 spiro atoms. The van der Waals surface area contributed by atoms with Gasteiger partial charge in [-0.05, 0) is 48.1 Å². The van der Waals surface area contributed by atoms with Crippen LogP contribution < -0.4 is 0 Å². The normalized spacial score (nSPS) is 12.5. The predicted molar refractivity (Wildman–Crippen MR) is 119 cm³/mol. The summed E-state index contributed by atoms with van der Waals surface area (Å²) >= 11 is 1.40. The first-order valence-corrected chi connectivity index (χ1v) is 11.7. The topological polar surface area (TPSA) is 34.1 Å². The lowest BCUT2D eigenvalue weighted by atomic mass is 9.79. The van der Waals surface area contributed by atoms with E-state index in [-0.39, 0.29) is 5.41 Å². The molecule has 0 bridgehead atoms. The van der Waals surface area contributed by atoms with Gasteiger partial charge in [0.15, 0.2) is 0 Å². The van der Waals surface area contributed by atoms with Gasteiger partial charge in [0.05, 0.1) is 4.90 Å². The molecule has 0 amide bonds. The minimum atomic E-state index is -3.61. The fourth-order valence-electron chi connectivity index (χ4n) is 3.25. The van der Waals surface area contributed by atoms with Crippen LogP contribution >= 0.6 is 11.3 Å². The van der Waals surface area contributed by atoms with Crippen LogP contribution in [0.1, 0.15) is 43.7 Å². The van der Waals surface area contributed by atoms with E-state index in [2.05, 4.69) is 27.7 Å². The van der Waals surface area contributed by atoms with Gasteiger partial charge in [-0.3, -0.25) is 0 Å². The molecular formula is C24H27O2S2. The van der Waals surface area contributed by atoms with E-state index < -0.39 is 9.84 Å². The highest BCUT2D eigenvalue weighted by Gasteiger charge is 2.33. The van der Waals surface area contributed by atoms with Crippen LogP contribution in [0, 0.1) is 25.2 Å². The first-order valence-electron chi connectivity index (χ1n) is 9.39. The van der Waals surface area contributed by atoms with Crippen molar-refractivity contribution in [3.05, 3.63) is 76.5 Å². The summed E-state index contributed by atoms with van der Waals surface area (Å²) in [5.41, 5.74) is 3.91. The molecule has 0 aliphatic heterocycles. The van der Waals surface area contributed by atoms with Gasteiger partial charge in [-0.1, -0.05) is 70.2 Å². The van der Waals surface area contributed by atoms with Crippen molar-refractivity contribution in [3.63, 3.8) is 0 Å². The highest BCUT2D eigenvalue weighted by Crippen LogP contribution is 2.48. The van der Waals surface area contributed by atoms with E-state index in [4.69, 9.17) is 0 Å². The molecule has 0 aliphatic carbocycles. The van der Waals surface area contributed by atoms with E-state index in [9.17, 15) is 8.42 Å². The van der Waals surface area contributed by atoms with Crippen LogP contribution in [0.4, 0.5) is 0 Å². The van der Waals surface area contributed by atoms with Gasteiger partial charge in [0.1, 0.15) is 4.21 Å². The zero-order chi connectivity index (χ0) is 20.7. The van der Waals surface area contributed by atoms with Crippen molar-refractivity contribution in [3.8, 4) is 11.1 Å². The third-order valence-electron chi connectivity index (χ3n) is 5.29. The number of benzene rings is 2. The van der Waals surface area contributed by atoms with Crippen LogP contribution in [0.5, 0.6) is 0 Å². The molecule has 1 radical (unpaired) electrons. The summed E-state index contributed by atoms with van der Waals surface area (Å²) in [7, 11) is -3.61. The number of thiophene rings is 1. The molecule has 1 heterocycles. The van der Waals surface area contributed by atoms with Crippen molar-refractivity contribution in [2.45, 2.75) is 50.6 Å². The largest absolute Gasteiger partial charge is 0.218 e. The van der Waals surface area contributed by atoms with Gasteiger partial charge < -0.3 is 0 Å². The van der Waals surface area contributed by atoms with Crippen LogP contribution in [-0.2, 0) is 9.84 Å². The molecule has 0 unspecified atom stereocenters. The lowest BCUT2D eigenvalue weighted by Gasteiger charge is -2.26. The molecule has 2 nitrogen and oxygen atoms in total. The molecule has 147 valence electrons. The highest BCUT2D eigenvalue weighted by molar-refractivity contribution is 7.93. The third kappa shape index (κ3) is 3.68. The number of aryl methyl sites for hydroxylation is 1. The van der Waals surface area contributed by atoms with Gasteiger partial charge >= 0.3 is 0 Å². The first-order chi connectivity index (χ1) is 13.0. The van der Waals surface area contributed by atoms with E-state index in [1.807, 2.05) is 44.2 Å². The van der Waals surface area contributed by atoms with Crippen LogP contribution in [0.3, 0.4) is 0 Å². The standard InChI is InChI=1S/C24H27O2S2/c1-16-12-10-11-15-20(16)21-17(2)22(18(3)24(4,5)6)27-23(21)28(25,26)19-13-8-7-9-14-19/h7-15H,1-6H3. The summed E-state index contributed by atoms with van der Waals surface area (Å²) in [4.78, 5) is 1.41. The van der Waals surface area contributed by atoms with E-state index in [1.165, 1.54) is 17.3 Å². The fraction of sp³-hybridized carbons (Fsp3) is 0.292. The monoisotopic (exact) mass is 411 g/mol. The predicted octanol–water partition coefficient (Wildman–Crippen LogP) is 6.85. The maximum atomic E-state index is 13.6. The average molecular weight is 412 g/mol. The van der Waals surface area contributed by atoms with Crippen molar-refractivity contribution in [1.29, 1.82) is 0 Å². The molecule has 0 saturated heterocycles. The lowest BCUT2D eigenvalue weighted by molar-refractivity contribution is 0.453. The quantitative estimate of drug-likeness (QED) is 0.470. The van der Waals surface area contributed by atoms with E-state index in [0.717, 1.165) is 27.1 Å². The van der Waals surface area contributed by atoms with E-state index in [1.54, 1.807) is 24.3 Å². The Labute approximate surface area is 173 Å². The maximum absolute atomic E-state index is 13.6. The van der Waals surface area contributed by atoms with Crippen molar-refractivity contribution >= 4 is 21.2 Å². The average Bonchev–Trinajstić information content (AvgIpc) is 2.99. The third-order valence-corrected chi connectivity index (χ3v) is 8.99. The van der Waals surface area contributed by atoms with Gasteiger partial charge in [-0.15, -0.1) is 11.3 Å². The lowest BCUT2D eigenvalue weighted by Crippen LogP contribution is -2.15. The van der Waals surface area contributed by atoms with E-state index >= 15 is 0 Å². The van der Waals surface area contributed by atoms with Crippen molar-refractivity contribution < 1.29 is 8.42 Å². The summed E-state index contributed by atoms with van der Waals surface area (Å²) in [5, 5.41) is 0. The molecule has 0 N–H and O–H groups in total. The Hall–Kier alpha value is -1.91. The van der Waals surface area contributed by atoms with Crippen LogP contribution in [0.25, 0.3) is 11.1 Å². The Morgan fingerprint density at radius 1 is 0.893 bits per heavy atom. The molecule has 1 aromatic heterocycles. The summed E-state index contributed by atoms with van der Waals surface area (Å²) in [6, 6.07) is 16.7. The molecule has 0 fully saturated rings. The Balaban J connectivity index is 2.35. The molecule has 0 aliphatic rings. The zero-order valence-corrected chi connectivity index (χ0v) is 19.0. The Morgan fingerprint density at radius 3 is 2.04 bits per heavy atom. The van der Waals surface area contributed by atoms with Gasteiger partial charge in [0.2, 0.25) is 9.84 Å². The molecule has 4 heteroatoms. The SMILES string of the molecule is C[C](c1sc(S(=O)(=O)c2ccccc2)c(-c2ccccc2C)c1C)C(C)(C)C. The molecule has 3 aromatic rings. The molecule has 3 rings (SSSR count). The van der Waals surface area contributed by atoms with Crippen LogP contribution in [0.2, 0.25) is 0 Å².